The fourth-order valence-corrected chi connectivity index (χ4v) is 13.6. The van der Waals surface area contributed by atoms with Gasteiger partial charge in [0, 0.05) is 0 Å². The Labute approximate surface area is 284 Å². The van der Waals surface area contributed by atoms with Gasteiger partial charge in [-0.2, -0.15) is 0 Å². The first-order valence-electron chi connectivity index (χ1n) is 17.6. The molecule has 0 spiro atoms. The molecule has 0 bridgehead atoms. The van der Waals surface area contributed by atoms with Gasteiger partial charge in [0.2, 0.25) is 0 Å². The molecule has 0 rings (SSSR count). The van der Waals surface area contributed by atoms with Crippen LogP contribution >= 0.6 is 0 Å². The second-order valence-electron chi connectivity index (χ2n) is 16.1. The number of carbonyl (C=O) groups excluding carboxylic acids is 4. The average molecular weight is 689 g/mol. The van der Waals surface area contributed by atoms with Crippen molar-refractivity contribution in [3.8, 4) is 0 Å². The molecule has 0 saturated carbocycles. The van der Waals surface area contributed by atoms with E-state index in [1.54, 1.807) is 13.8 Å². The number of hydrogen-bond acceptors (Lipinski definition) is 8. The Kier molecular flexibility index (Phi) is 20.2. The van der Waals surface area contributed by atoms with Crippen molar-refractivity contribution < 1.29 is 38.1 Å². The molecular weight excluding hydrogens is 617 g/mol. The van der Waals surface area contributed by atoms with E-state index in [9.17, 15) is 19.2 Å². The molecule has 0 aliphatic carbocycles. The van der Waals surface area contributed by atoms with Crippen molar-refractivity contribution in [1.29, 1.82) is 0 Å². The van der Waals surface area contributed by atoms with Crippen LogP contribution in [0.5, 0.6) is 0 Å². The number of rotatable bonds is 18. The van der Waals surface area contributed by atoms with Gasteiger partial charge in [0.05, 0.1) is 64.5 Å². The largest absolute Gasteiger partial charge is 0.466 e. The molecule has 0 aliphatic rings. The van der Waals surface area contributed by atoms with Crippen LogP contribution in [0.25, 0.3) is 0 Å². The fourth-order valence-electron chi connectivity index (χ4n) is 6.78. The van der Waals surface area contributed by atoms with Crippen LogP contribution in [0.3, 0.4) is 0 Å². The van der Waals surface area contributed by atoms with Crippen LogP contribution < -0.4 is 0 Å². The number of hydrogen-bond donors (Lipinski definition) is 0. The lowest BCUT2D eigenvalue weighted by Crippen LogP contribution is -2.58. The molecule has 0 amide bonds. The van der Waals surface area contributed by atoms with Crippen LogP contribution in [0.2, 0.25) is 50.4 Å². The third-order valence-electron chi connectivity index (χ3n) is 8.99. The first kappa shape index (κ1) is 46.4. The Bertz CT molecular complexity index is 873. The van der Waals surface area contributed by atoms with Crippen LogP contribution in [0.4, 0.5) is 0 Å². The van der Waals surface area contributed by atoms with Crippen molar-refractivity contribution in [1.82, 2.24) is 0 Å². The molecule has 0 N–H and O–H groups in total. The molecule has 0 aromatic rings. The molecule has 0 saturated heterocycles. The Morgan fingerprint density at radius 2 is 0.761 bits per heavy atom. The van der Waals surface area contributed by atoms with Gasteiger partial charge < -0.3 is 18.9 Å². The summed E-state index contributed by atoms with van der Waals surface area (Å²) in [5.74, 6) is -0.462. The zero-order valence-electron chi connectivity index (χ0n) is 33.0. The molecular formula is C36H72O8Si2. The van der Waals surface area contributed by atoms with Crippen LogP contribution in [0.1, 0.15) is 95.9 Å². The minimum atomic E-state index is -1.95. The van der Waals surface area contributed by atoms with Crippen molar-refractivity contribution in [2.45, 2.75) is 146 Å². The summed E-state index contributed by atoms with van der Waals surface area (Å²) < 4.78 is 21.9. The van der Waals surface area contributed by atoms with E-state index < -0.39 is 27.0 Å². The van der Waals surface area contributed by atoms with Gasteiger partial charge in [0.1, 0.15) is 0 Å². The summed E-state index contributed by atoms with van der Waals surface area (Å²) in [5, 5.41) is 0. The molecule has 10 heteroatoms. The van der Waals surface area contributed by atoms with Crippen molar-refractivity contribution in [2.75, 3.05) is 26.4 Å². The normalized spacial score (nSPS) is 16.1. The van der Waals surface area contributed by atoms with Crippen molar-refractivity contribution in [2.24, 2.45) is 34.5 Å². The SMILES string of the molecule is CC(C)COC(=O)C(C(C(=O)OCC(C)C)[Si](C)(C)C)[Si](C)(C)C.CCOC(=O)C(CC)(C(C)C)C(CC)(C(=O)OCC)C(C)C. The zero-order valence-corrected chi connectivity index (χ0v) is 35.0. The van der Waals surface area contributed by atoms with E-state index in [4.69, 9.17) is 18.9 Å². The zero-order chi connectivity index (χ0) is 36.8. The molecule has 0 radical (unpaired) electrons. The number of esters is 4. The van der Waals surface area contributed by atoms with E-state index in [-0.39, 0.29) is 58.6 Å². The van der Waals surface area contributed by atoms with Gasteiger partial charge in [-0.3, -0.25) is 19.2 Å². The predicted molar refractivity (Wildman–Crippen MR) is 194 cm³/mol. The summed E-state index contributed by atoms with van der Waals surface area (Å²) in [7, 11) is -3.91. The Balaban J connectivity index is 0. The van der Waals surface area contributed by atoms with E-state index in [0.717, 1.165) is 0 Å². The standard InChI is InChI=1S/C18H38O4Si2.C18H34O4/c1-13(2)11-21-17(19)15(23(5,6)7)16(24(8,9)10)18(20)22-12-14(3)4;1-9-17(13(5)6,15(19)21-11-3)18(10-2,14(7)8)16(20)22-12-4/h13-16H,11-12H2,1-10H3;13-14H,9-12H2,1-8H3. The molecule has 4 unspecified atom stereocenters. The molecule has 8 nitrogen and oxygen atoms in total. The topological polar surface area (TPSA) is 105 Å². The molecule has 4 atom stereocenters. The maximum absolute atomic E-state index is 12.9. The number of ether oxygens (including phenoxy) is 4. The highest BCUT2D eigenvalue weighted by molar-refractivity contribution is 6.87. The molecule has 0 aromatic carbocycles. The van der Waals surface area contributed by atoms with Crippen LogP contribution in [0, 0.1) is 34.5 Å². The lowest BCUT2D eigenvalue weighted by Gasteiger charge is -2.51. The van der Waals surface area contributed by atoms with Gasteiger partial charge in [0.25, 0.3) is 0 Å². The monoisotopic (exact) mass is 688 g/mol. The van der Waals surface area contributed by atoms with Crippen molar-refractivity contribution in [3.05, 3.63) is 0 Å². The maximum atomic E-state index is 12.9. The lowest BCUT2D eigenvalue weighted by atomic mass is 9.51. The van der Waals surface area contributed by atoms with E-state index in [0.29, 0.717) is 39.3 Å². The van der Waals surface area contributed by atoms with Gasteiger partial charge in [-0.15, -0.1) is 0 Å². The van der Waals surface area contributed by atoms with E-state index in [1.165, 1.54) is 0 Å². The van der Waals surface area contributed by atoms with Gasteiger partial charge in [-0.05, 0) is 50.4 Å². The average Bonchev–Trinajstić information content (AvgIpc) is 2.90. The first-order chi connectivity index (χ1) is 20.9. The Morgan fingerprint density at radius 3 is 0.913 bits per heavy atom. The molecule has 0 aromatic heterocycles. The van der Waals surface area contributed by atoms with E-state index in [1.807, 2.05) is 69.2 Å². The minimum Gasteiger partial charge on any atom is -0.466 e. The van der Waals surface area contributed by atoms with E-state index in [2.05, 4.69) is 39.3 Å². The maximum Gasteiger partial charge on any atom is 0.313 e. The highest BCUT2D eigenvalue weighted by Crippen LogP contribution is 2.56. The third-order valence-corrected chi connectivity index (χ3v) is 14.2. The second-order valence-corrected chi connectivity index (χ2v) is 26.8. The molecule has 0 heterocycles. The lowest BCUT2D eigenvalue weighted by molar-refractivity contribution is -0.194. The van der Waals surface area contributed by atoms with Gasteiger partial charge >= 0.3 is 23.9 Å². The van der Waals surface area contributed by atoms with Crippen LogP contribution in [-0.2, 0) is 38.1 Å². The Hall–Kier alpha value is -1.69. The van der Waals surface area contributed by atoms with Crippen molar-refractivity contribution in [3.63, 3.8) is 0 Å². The van der Waals surface area contributed by atoms with Gasteiger partial charge in [0.15, 0.2) is 0 Å². The summed E-state index contributed by atoms with van der Waals surface area (Å²) in [6, 6.07) is 0. The molecule has 0 fully saturated rings. The Morgan fingerprint density at radius 1 is 0.500 bits per heavy atom. The minimum absolute atomic E-state index is 0.0247. The highest BCUT2D eigenvalue weighted by Gasteiger charge is 2.63. The van der Waals surface area contributed by atoms with Gasteiger partial charge in [-0.1, -0.05) is 109 Å². The fraction of sp³-hybridized carbons (Fsp3) is 0.889. The highest BCUT2D eigenvalue weighted by atomic mass is 28.3. The molecule has 0 aliphatic heterocycles. The molecule has 46 heavy (non-hydrogen) atoms. The summed E-state index contributed by atoms with van der Waals surface area (Å²) in [5.41, 5.74) is -2.44. The predicted octanol–water partition coefficient (Wildman–Crippen LogP) is 9.02. The molecule has 272 valence electrons. The summed E-state index contributed by atoms with van der Waals surface area (Å²) in [6.45, 7) is 37.8. The number of carbonyl (C=O) groups is 4. The smallest absolute Gasteiger partial charge is 0.313 e. The van der Waals surface area contributed by atoms with E-state index >= 15 is 0 Å². The van der Waals surface area contributed by atoms with Gasteiger partial charge in [-0.25, -0.2) is 0 Å². The third kappa shape index (κ3) is 12.1. The van der Waals surface area contributed by atoms with Crippen LogP contribution in [0.15, 0.2) is 0 Å². The summed E-state index contributed by atoms with van der Waals surface area (Å²) >= 11 is 0. The summed E-state index contributed by atoms with van der Waals surface area (Å²) in [4.78, 5) is 51.6. The summed E-state index contributed by atoms with van der Waals surface area (Å²) in [6.07, 6.45) is 1.10. The second kappa shape index (κ2) is 20.0. The van der Waals surface area contributed by atoms with Crippen molar-refractivity contribution >= 4 is 40.0 Å². The quantitative estimate of drug-likeness (QED) is 0.0798. The van der Waals surface area contributed by atoms with Crippen LogP contribution in [-0.4, -0.2) is 66.5 Å². The first-order valence-corrected chi connectivity index (χ1v) is 24.7.